The first kappa shape index (κ1) is 17.4. The molecule has 4 rings (SSSR count). The number of rotatable bonds is 5. The van der Waals surface area contributed by atoms with E-state index in [0.29, 0.717) is 18.8 Å². The van der Waals surface area contributed by atoms with Crippen LogP contribution >= 0.6 is 0 Å². The average molecular weight is 366 g/mol. The average Bonchev–Trinajstić information content (AvgIpc) is 3.12. The summed E-state index contributed by atoms with van der Waals surface area (Å²) < 4.78 is 5.31. The summed E-state index contributed by atoms with van der Waals surface area (Å²) in [5.74, 6) is 0.804. The summed E-state index contributed by atoms with van der Waals surface area (Å²) in [6.45, 7) is 2.80. The van der Waals surface area contributed by atoms with Gasteiger partial charge >= 0.3 is 5.97 Å². The predicted octanol–water partition coefficient (Wildman–Crippen LogP) is 2.52. The monoisotopic (exact) mass is 366 g/mol. The maximum atomic E-state index is 12.1. The highest BCUT2D eigenvalue weighted by atomic mass is 16.5. The Kier molecular flexibility index (Phi) is 4.68. The summed E-state index contributed by atoms with van der Waals surface area (Å²) in [6, 6.07) is 10.8. The van der Waals surface area contributed by atoms with Gasteiger partial charge in [0.15, 0.2) is 0 Å². The molecule has 1 aliphatic rings. The van der Waals surface area contributed by atoms with Crippen LogP contribution in [-0.4, -0.2) is 59.2 Å². The van der Waals surface area contributed by atoms with Gasteiger partial charge in [0.25, 0.3) is 0 Å². The molecule has 3 aromatic rings. The predicted molar refractivity (Wildman–Crippen MR) is 103 cm³/mol. The molecule has 1 aromatic carbocycles. The van der Waals surface area contributed by atoms with Crippen molar-refractivity contribution in [1.29, 1.82) is 0 Å². The number of pyridine rings is 1. The molecule has 27 heavy (non-hydrogen) atoms. The summed E-state index contributed by atoms with van der Waals surface area (Å²) in [6.07, 6.45) is 3.58. The van der Waals surface area contributed by atoms with E-state index in [9.17, 15) is 9.90 Å². The highest BCUT2D eigenvalue weighted by molar-refractivity contribution is 5.90. The number of nitrogens with zero attached hydrogens (tertiary/aromatic N) is 3. The van der Waals surface area contributed by atoms with E-state index in [0.717, 1.165) is 35.4 Å². The molecule has 7 heteroatoms. The van der Waals surface area contributed by atoms with E-state index in [1.807, 2.05) is 41.3 Å². The van der Waals surface area contributed by atoms with Gasteiger partial charge in [-0.3, -0.25) is 9.69 Å². The van der Waals surface area contributed by atoms with Crippen LogP contribution in [0.15, 0.2) is 48.8 Å². The van der Waals surface area contributed by atoms with Crippen molar-refractivity contribution < 1.29 is 14.6 Å². The molecule has 0 bridgehead atoms. The Labute approximate surface area is 157 Å². The number of H-pyrrole nitrogens is 1. The molecule has 7 nitrogen and oxygen atoms in total. The van der Waals surface area contributed by atoms with Crippen LogP contribution in [0.2, 0.25) is 0 Å². The molecule has 0 radical (unpaired) electrons. The second-order valence-corrected chi connectivity index (χ2v) is 6.61. The molecule has 140 valence electrons. The van der Waals surface area contributed by atoms with Crippen molar-refractivity contribution >= 4 is 22.7 Å². The number of aromatic nitrogens is 2. The van der Waals surface area contributed by atoms with Crippen molar-refractivity contribution in [2.75, 3.05) is 38.2 Å². The number of carboxylic acids is 1. The number of nitrogens with one attached hydrogen (secondary N) is 1. The number of anilines is 1. The molecule has 0 unspecified atom stereocenters. The first-order valence-electron chi connectivity index (χ1n) is 8.95. The second kappa shape index (κ2) is 7.28. The number of aromatic amines is 1. The number of carbonyl (C=O) groups is 1. The number of carboxylic acid groups (broad SMARTS) is 1. The normalized spacial score (nSPS) is 16.4. The number of piperazine rings is 1. The fraction of sp³-hybridized carbons (Fsp3) is 0.300. The lowest BCUT2D eigenvalue weighted by atomic mass is 10.0. The zero-order valence-corrected chi connectivity index (χ0v) is 15.1. The molecule has 0 amide bonds. The number of hydrogen-bond donors (Lipinski definition) is 2. The fourth-order valence-corrected chi connectivity index (χ4v) is 3.71. The van der Waals surface area contributed by atoms with Crippen molar-refractivity contribution in [2.45, 2.75) is 6.04 Å². The van der Waals surface area contributed by atoms with Crippen LogP contribution in [0.3, 0.4) is 0 Å². The van der Waals surface area contributed by atoms with Crippen LogP contribution in [-0.2, 0) is 4.79 Å². The van der Waals surface area contributed by atoms with Crippen LogP contribution in [0.1, 0.15) is 11.6 Å². The molecule has 2 N–H and O–H groups in total. The minimum absolute atomic E-state index is 0.657. The van der Waals surface area contributed by atoms with Crippen molar-refractivity contribution in [2.24, 2.45) is 0 Å². The molecule has 0 aliphatic carbocycles. The van der Waals surface area contributed by atoms with E-state index in [1.165, 1.54) is 0 Å². The van der Waals surface area contributed by atoms with E-state index in [4.69, 9.17) is 4.74 Å². The Bertz CT molecular complexity index is 933. The van der Waals surface area contributed by atoms with Gasteiger partial charge in [0.05, 0.1) is 7.11 Å². The zero-order valence-electron chi connectivity index (χ0n) is 15.1. The van der Waals surface area contributed by atoms with Crippen molar-refractivity contribution in [3.63, 3.8) is 0 Å². The van der Waals surface area contributed by atoms with Gasteiger partial charge in [-0.05, 0) is 30.3 Å². The maximum Gasteiger partial charge on any atom is 0.325 e. The van der Waals surface area contributed by atoms with E-state index >= 15 is 0 Å². The van der Waals surface area contributed by atoms with Crippen LogP contribution in [0, 0.1) is 0 Å². The van der Waals surface area contributed by atoms with Gasteiger partial charge in [-0.2, -0.15) is 0 Å². The quantitative estimate of drug-likeness (QED) is 0.722. The molecule has 0 spiro atoms. The summed E-state index contributed by atoms with van der Waals surface area (Å²) in [7, 11) is 1.61. The third-order valence-electron chi connectivity index (χ3n) is 5.10. The van der Waals surface area contributed by atoms with Gasteiger partial charge in [-0.25, -0.2) is 4.98 Å². The van der Waals surface area contributed by atoms with Gasteiger partial charge in [-0.1, -0.05) is 6.07 Å². The molecule has 2 aromatic heterocycles. The molecule has 1 atom stereocenters. The largest absolute Gasteiger partial charge is 0.497 e. The molecule has 3 heterocycles. The summed E-state index contributed by atoms with van der Waals surface area (Å²) in [5, 5.41) is 10.8. The van der Waals surface area contributed by atoms with Crippen molar-refractivity contribution in [3.8, 4) is 5.75 Å². The van der Waals surface area contributed by atoms with Gasteiger partial charge in [0.1, 0.15) is 17.6 Å². The standard InChI is InChI=1S/C20H22N4O3/c1-27-14-5-6-17-15(12-14)16(13-22-17)19(20(25)26)24-10-8-23(9-11-24)18-4-2-3-7-21-18/h2-7,12-13,19,22H,8-11H2,1H3,(H,25,26)/t19-/m1/s1. The van der Waals surface area contributed by atoms with Crippen LogP contribution < -0.4 is 9.64 Å². The smallest absolute Gasteiger partial charge is 0.325 e. The summed E-state index contributed by atoms with van der Waals surface area (Å²) in [4.78, 5) is 23.9. The molecular weight excluding hydrogens is 344 g/mol. The summed E-state index contributed by atoms with van der Waals surface area (Å²) in [5.41, 5.74) is 1.67. The van der Waals surface area contributed by atoms with Gasteiger partial charge < -0.3 is 19.7 Å². The topological polar surface area (TPSA) is 81.7 Å². The lowest BCUT2D eigenvalue weighted by Crippen LogP contribution is -2.49. The van der Waals surface area contributed by atoms with Gasteiger partial charge in [0.2, 0.25) is 0 Å². The molecule has 1 aliphatic heterocycles. The van der Waals surface area contributed by atoms with Crippen molar-refractivity contribution in [3.05, 3.63) is 54.4 Å². The second-order valence-electron chi connectivity index (χ2n) is 6.61. The number of ether oxygens (including phenoxy) is 1. The number of hydrogen-bond acceptors (Lipinski definition) is 5. The maximum absolute atomic E-state index is 12.1. The number of methoxy groups -OCH3 is 1. The Hall–Kier alpha value is -3.06. The molecule has 0 saturated carbocycles. The highest BCUT2D eigenvalue weighted by Gasteiger charge is 2.32. The Morgan fingerprint density at radius 1 is 1.22 bits per heavy atom. The number of aliphatic carboxylic acids is 1. The summed E-state index contributed by atoms with van der Waals surface area (Å²) >= 11 is 0. The van der Waals surface area contributed by atoms with Crippen molar-refractivity contribution in [1.82, 2.24) is 14.9 Å². The van der Waals surface area contributed by atoms with Gasteiger partial charge in [0, 0.05) is 55.0 Å². The third kappa shape index (κ3) is 3.33. The minimum atomic E-state index is -0.843. The molecular formula is C20H22N4O3. The SMILES string of the molecule is COc1ccc2[nH]cc([C@H](C(=O)O)N3CCN(c4ccccn4)CC3)c2c1. The fourth-order valence-electron chi connectivity index (χ4n) is 3.71. The first-order valence-corrected chi connectivity index (χ1v) is 8.95. The molecule has 1 fully saturated rings. The van der Waals surface area contributed by atoms with E-state index < -0.39 is 12.0 Å². The lowest BCUT2D eigenvalue weighted by molar-refractivity contribution is -0.143. The molecule has 1 saturated heterocycles. The number of fused-ring (bicyclic) bond motifs is 1. The van der Waals surface area contributed by atoms with E-state index in [-0.39, 0.29) is 0 Å². The Morgan fingerprint density at radius 3 is 2.70 bits per heavy atom. The van der Waals surface area contributed by atoms with E-state index in [2.05, 4.69) is 14.9 Å². The first-order chi connectivity index (χ1) is 13.2. The van der Waals surface area contributed by atoms with Crippen LogP contribution in [0.5, 0.6) is 5.75 Å². The Morgan fingerprint density at radius 2 is 2.04 bits per heavy atom. The lowest BCUT2D eigenvalue weighted by Gasteiger charge is -2.38. The third-order valence-corrected chi connectivity index (χ3v) is 5.10. The highest BCUT2D eigenvalue weighted by Crippen LogP contribution is 2.32. The van der Waals surface area contributed by atoms with E-state index in [1.54, 1.807) is 19.5 Å². The van der Waals surface area contributed by atoms with Gasteiger partial charge in [-0.15, -0.1) is 0 Å². The Balaban J connectivity index is 1.58. The minimum Gasteiger partial charge on any atom is -0.497 e. The van der Waals surface area contributed by atoms with Crippen LogP contribution in [0.4, 0.5) is 5.82 Å². The van der Waals surface area contributed by atoms with Crippen LogP contribution in [0.25, 0.3) is 10.9 Å². The number of benzene rings is 1. The zero-order chi connectivity index (χ0) is 18.8.